The van der Waals surface area contributed by atoms with E-state index in [9.17, 15) is 9.59 Å². The molecule has 0 N–H and O–H groups in total. The van der Waals surface area contributed by atoms with Gasteiger partial charge >= 0.3 is 11.6 Å². The van der Waals surface area contributed by atoms with Crippen LogP contribution in [0.3, 0.4) is 0 Å². The van der Waals surface area contributed by atoms with Gasteiger partial charge in [-0.1, -0.05) is 42.5 Å². The first-order valence-corrected chi connectivity index (χ1v) is 9.61. The number of para-hydroxylation sites is 1. The lowest BCUT2D eigenvalue weighted by molar-refractivity contribution is -0.138. The van der Waals surface area contributed by atoms with Crippen LogP contribution in [0, 0.1) is 0 Å². The SMILES string of the molecule is COc1cccc(/C=C/C(=O)OCc2cc(=O)oc3ccc4ccccc4c23)c1OC. The van der Waals surface area contributed by atoms with Crippen molar-refractivity contribution < 1.29 is 23.4 Å². The molecule has 31 heavy (non-hydrogen) atoms. The highest BCUT2D eigenvalue weighted by molar-refractivity contribution is 6.07. The molecule has 0 aliphatic carbocycles. The van der Waals surface area contributed by atoms with Gasteiger partial charge in [-0.05, 0) is 29.0 Å². The summed E-state index contributed by atoms with van der Waals surface area (Å²) in [4.78, 5) is 24.3. The number of fused-ring (bicyclic) bond motifs is 3. The third-order valence-corrected chi connectivity index (χ3v) is 4.92. The van der Waals surface area contributed by atoms with Gasteiger partial charge in [0.15, 0.2) is 11.5 Å². The van der Waals surface area contributed by atoms with Gasteiger partial charge in [0.2, 0.25) is 0 Å². The van der Waals surface area contributed by atoms with E-state index in [1.807, 2.05) is 30.3 Å². The molecule has 0 unspecified atom stereocenters. The Bertz CT molecular complexity index is 1350. The van der Waals surface area contributed by atoms with Crippen LogP contribution in [0.1, 0.15) is 11.1 Å². The van der Waals surface area contributed by atoms with Gasteiger partial charge in [-0.15, -0.1) is 0 Å². The highest BCUT2D eigenvalue weighted by atomic mass is 16.5. The van der Waals surface area contributed by atoms with Crippen molar-refractivity contribution in [1.29, 1.82) is 0 Å². The summed E-state index contributed by atoms with van der Waals surface area (Å²) in [6, 6.07) is 18.1. The summed E-state index contributed by atoms with van der Waals surface area (Å²) in [6.45, 7) is -0.0610. The van der Waals surface area contributed by atoms with Crippen LogP contribution < -0.4 is 15.1 Å². The summed E-state index contributed by atoms with van der Waals surface area (Å²) in [5.74, 6) is 0.533. The molecule has 0 amide bonds. The summed E-state index contributed by atoms with van der Waals surface area (Å²) in [5.41, 5.74) is 1.22. The topological polar surface area (TPSA) is 75.0 Å². The van der Waals surface area contributed by atoms with Crippen molar-refractivity contribution in [3.63, 3.8) is 0 Å². The molecule has 1 aromatic heterocycles. The van der Waals surface area contributed by atoms with E-state index in [4.69, 9.17) is 18.6 Å². The Labute approximate surface area is 178 Å². The first-order valence-electron chi connectivity index (χ1n) is 9.61. The summed E-state index contributed by atoms with van der Waals surface area (Å²) < 4.78 is 21.4. The lowest BCUT2D eigenvalue weighted by Crippen LogP contribution is -2.06. The molecular formula is C25H20O6. The van der Waals surface area contributed by atoms with Crippen molar-refractivity contribution in [3.8, 4) is 11.5 Å². The highest BCUT2D eigenvalue weighted by Crippen LogP contribution is 2.31. The molecule has 0 spiro atoms. The number of esters is 1. The maximum atomic E-state index is 12.3. The Kier molecular flexibility index (Phi) is 5.71. The molecule has 3 aromatic carbocycles. The van der Waals surface area contributed by atoms with Gasteiger partial charge in [-0.25, -0.2) is 9.59 Å². The van der Waals surface area contributed by atoms with E-state index in [1.165, 1.54) is 19.3 Å². The zero-order chi connectivity index (χ0) is 21.8. The molecule has 1 heterocycles. The molecule has 4 rings (SSSR count). The minimum absolute atomic E-state index is 0.0610. The van der Waals surface area contributed by atoms with Gasteiger partial charge in [0.1, 0.15) is 12.2 Å². The van der Waals surface area contributed by atoms with Crippen molar-refractivity contribution in [2.75, 3.05) is 14.2 Å². The number of methoxy groups -OCH3 is 2. The second-order valence-corrected chi connectivity index (χ2v) is 6.77. The van der Waals surface area contributed by atoms with Crippen molar-refractivity contribution in [2.45, 2.75) is 6.61 Å². The fourth-order valence-electron chi connectivity index (χ4n) is 3.53. The third kappa shape index (κ3) is 4.14. The van der Waals surface area contributed by atoms with E-state index in [2.05, 4.69) is 0 Å². The van der Waals surface area contributed by atoms with Crippen LogP contribution in [0.4, 0.5) is 0 Å². The van der Waals surface area contributed by atoms with Crippen molar-refractivity contribution in [1.82, 2.24) is 0 Å². The van der Waals surface area contributed by atoms with Crippen LogP contribution in [0.15, 0.2) is 76.0 Å². The smallest absolute Gasteiger partial charge is 0.336 e. The number of carbonyl (C=O) groups is 1. The molecule has 0 saturated carbocycles. The Morgan fingerprint density at radius 3 is 2.65 bits per heavy atom. The molecule has 0 bridgehead atoms. The molecule has 0 radical (unpaired) electrons. The molecule has 0 saturated heterocycles. The Morgan fingerprint density at radius 2 is 1.84 bits per heavy atom. The molecular weight excluding hydrogens is 396 g/mol. The Morgan fingerprint density at radius 1 is 1.00 bits per heavy atom. The van der Waals surface area contributed by atoms with E-state index >= 15 is 0 Å². The van der Waals surface area contributed by atoms with Crippen LogP contribution in [-0.2, 0) is 16.1 Å². The molecule has 4 aromatic rings. The van der Waals surface area contributed by atoms with Crippen LogP contribution in [0.2, 0.25) is 0 Å². The molecule has 156 valence electrons. The predicted octanol–water partition coefficient (Wildman–Crippen LogP) is 4.72. The first-order chi connectivity index (χ1) is 15.1. The van der Waals surface area contributed by atoms with Gasteiger partial charge < -0.3 is 18.6 Å². The number of hydrogen-bond donors (Lipinski definition) is 0. The van der Waals surface area contributed by atoms with Crippen LogP contribution in [0.25, 0.3) is 27.8 Å². The number of hydrogen-bond acceptors (Lipinski definition) is 6. The summed E-state index contributed by atoms with van der Waals surface area (Å²) in [7, 11) is 3.08. The van der Waals surface area contributed by atoms with E-state index in [0.717, 1.165) is 16.2 Å². The Hall–Kier alpha value is -4.06. The van der Waals surface area contributed by atoms with Gasteiger partial charge in [-0.3, -0.25) is 0 Å². The Balaban J connectivity index is 1.60. The van der Waals surface area contributed by atoms with Gasteiger partial charge in [0.25, 0.3) is 0 Å². The van der Waals surface area contributed by atoms with E-state index in [1.54, 1.807) is 37.5 Å². The van der Waals surface area contributed by atoms with Crippen LogP contribution >= 0.6 is 0 Å². The average molecular weight is 416 g/mol. The molecule has 6 heteroatoms. The largest absolute Gasteiger partial charge is 0.493 e. The summed E-state index contributed by atoms with van der Waals surface area (Å²) in [5, 5.41) is 2.68. The number of rotatable bonds is 6. The highest BCUT2D eigenvalue weighted by Gasteiger charge is 2.12. The molecule has 0 aliphatic rings. The number of ether oxygens (including phenoxy) is 3. The van der Waals surface area contributed by atoms with Crippen LogP contribution in [-0.4, -0.2) is 20.2 Å². The summed E-state index contributed by atoms with van der Waals surface area (Å²) >= 11 is 0. The van der Waals surface area contributed by atoms with Crippen molar-refractivity contribution in [2.24, 2.45) is 0 Å². The second-order valence-electron chi connectivity index (χ2n) is 6.77. The molecule has 0 aliphatic heterocycles. The quantitative estimate of drug-likeness (QED) is 0.196. The minimum Gasteiger partial charge on any atom is -0.493 e. The molecule has 6 nitrogen and oxygen atoms in total. The first kappa shape index (κ1) is 20.2. The van der Waals surface area contributed by atoms with Crippen molar-refractivity contribution >= 4 is 33.8 Å². The lowest BCUT2D eigenvalue weighted by Gasteiger charge is -2.10. The third-order valence-electron chi connectivity index (χ3n) is 4.92. The predicted molar refractivity (Wildman–Crippen MR) is 118 cm³/mol. The van der Waals surface area contributed by atoms with E-state index < -0.39 is 11.6 Å². The van der Waals surface area contributed by atoms with Crippen molar-refractivity contribution in [3.05, 3.63) is 88.3 Å². The minimum atomic E-state index is -0.550. The fourth-order valence-corrected chi connectivity index (χ4v) is 3.53. The monoisotopic (exact) mass is 416 g/mol. The maximum absolute atomic E-state index is 12.3. The van der Waals surface area contributed by atoms with E-state index in [0.29, 0.717) is 28.2 Å². The number of benzene rings is 3. The van der Waals surface area contributed by atoms with E-state index in [-0.39, 0.29) is 6.61 Å². The van der Waals surface area contributed by atoms with Crippen LogP contribution in [0.5, 0.6) is 11.5 Å². The molecule has 0 atom stereocenters. The average Bonchev–Trinajstić information content (AvgIpc) is 2.80. The number of carbonyl (C=O) groups excluding carboxylic acids is 1. The normalized spacial score (nSPS) is 11.2. The van der Waals surface area contributed by atoms with Gasteiger partial charge in [0, 0.05) is 28.7 Å². The molecule has 0 fully saturated rings. The fraction of sp³-hybridized carbons (Fsp3) is 0.120. The zero-order valence-corrected chi connectivity index (χ0v) is 17.1. The maximum Gasteiger partial charge on any atom is 0.336 e. The summed E-state index contributed by atoms with van der Waals surface area (Å²) in [6.07, 6.45) is 2.90. The second kappa shape index (κ2) is 8.75. The van der Waals surface area contributed by atoms with Gasteiger partial charge in [-0.2, -0.15) is 0 Å². The van der Waals surface area contributed by atoms with Gasteiger partial charge in [0.05, 0.1) is 14.2 Å². The standard InChI is InChI=1S/C25H20O6/c1-28-21-9-5-7-17(25(21)29-2)11-13-22(26)30-15-18-14-23(27)31-20-12-10-16-6-3-4-8-19(16)24(18)20/h3-14H,15H2,1-2H3/b13-11+. The lowest BCUT2D eigenvalue weighted by atomic mass is 10.0. The zero-order valence-electron chi connectivity index (χ0n) is 17.1.